The highest BCUT2D eigenvalue weighted by Crippen LogP contribution is 2.35. The van der Waals surface area contributed by atoms with Gasteiger partial charge in [-0.15, -0.1) is 0 Å². The van der Waals surface area contributed by atoms with Crippen LogP contribution in [0, 0.1) is 0 Å². The highest BCUT2D eigenvalue weighted by atomic mass is 16.8. The molecule has 26 nitrogen and oxygen atoms in total. The SMILES string of the molecule is OC[C@@H](O)[C@@H](O)[C@H](O)[C@H](O)CO[C@@H]1O[C@@H]([C@@H](CO)O[C@@H]2O[C@@H]([C@@H](CO)O[C@@H]3O[C@@H]([C@@H](CO)O[C@@H]4O[C@@H]([C@H](O)CO)[C@H](O)[C@H]4O)[C@H](O)[C@H]3O)[C@H](O)[C@H]2O)[C@H](O)[C@H]1O. The van der Waals surface area contributed by atoms with E-state index in [9.17, 15) is 81.7 Å². The standard InChI is InChI=1S/C30H54O26/c31-1-7(36)13(39)14(40)9(38)6-49-27-19(45)16(42)24(54-27)10(3-33)51-29-21(47)18(44)26(56-29)12(5-35)52-30-22(48)17(43)25(55-30)11(4-34)50-28-20(46)15(41)23(53-28)8(37)2-32/h7-48H,1-6H2/t7-,8-,9-,10-,11-,12-,13-,14-,15-,16-,17-,18-,19-,20-,21-,22-,23+,24+,25+,26+,27-,28-,29-,30-/m1/s1. The number of hydrogen-bond acceptors (Lipinski definition) is 26. The average molecular weight is 831 g/mol. The molecule has 0 radical (unpaired) electrons. The van der Waals surface area contributed by atoms with Gasteiger partial charge in [-0.1, -0.05) is 0 Å². The lowest BCUT2D eigenvalue weighted by molar-refractivity contribution is -0.269. The van der Waals surface area contributed by atoms with Crippen LogP contribution >= 0.6 is 0 Å². The molecule has 0 aromatic carbocycles. The Morgan fingerprint density at radius 1 is 0.375 bits per heavy atom. The summed E-state index contributed by atoms with van der Waals surface area (Å²) in [4.78, 5) is 0. The van der Waals surface area contributed by atoms with Crippen molar-refractivity contribution in [1.29, 1.82) is 0 Å². The Bertz CT molecular complexity index is 1160. The van der Waals surface area contributed by atoms with Gasteiger partial charge in [0.25, 0.3) is 0 Å². The number of rotatable bonds is 21. The fourth-order valence-corrected chi connectivity index (χ4v) is 6.55. The van der Waals surface area contributed by atoms with Crippen LogP contribution in [0.5, 0.6) is 0 Å². The molecular weight excluding hydrogens is 776 g/mol. The molecule has 0 amide bonds. The van der Waals surface area contributed by atoms with E-state index in [1.807, 2.05) is 0 Å². The van der Waals surface area contributed by atoms with E-state index < -0.39 is 187 Å². The van der Waals surface area contributed by atoms with Crippen LogP contribution in [0.25, 0.3) is 0 Å². The van der Waals surface area contributed by atoms with Crippen molar-refractivity contribution in [2.45, 2.75) is 147 Å². The summed E-state index contributed by atoms with van der Waals surface area (Å²) in [7, 11) is 0. The molecule has 330 valence electrons. The molecule has 0 spiro atoms. The summed E-state index contributed by atoms with van der Waals surface area (Å²) in [6.45, 7) is -5.52. The fraction of sp³-hybridized carbons (Fsp3) is 1.00. The monoisotopic (exact) mass is 830 g/mol. The van der Waals surface area contributed by atoms with E-state index in [1.165, 1.54) is 0 Å². The molecule has 56 heavy (non-hydrogen) atoms. The Morgan fingerprint density at radius 3 is 1.05 bits per heavy atom. The summed E-state index contributed by atoms with van der Waals surface area (Å²) in [5.41, 5.74) is 0. The van der Waals surface area contributed by atoms with Crippen molar-refractivity contribution < 1.29 is 130 Å². The van der Waals surface area contributed by atoms with Gasteiger partial charge >= 0.3 is 0 Å². The third kappa shape index (κ3) is 10.3. The summed E-state index contributed by atoms with van der Waals surface area (Å²) >= 11 is 0. The van der Waals surface area contributed by atoms with Gasteiger partial charge in [0.1, 0.15) is 122 Å². The first-order chi connectivity index (χ1) is 26.4. The van der Waals surface area contributed by atoms with E-state index in [0.717, 1.165) is 0 Å². The molecule has 0 aromatic heterocycles. The second-order valence-electron chi connectivity index (χ2n) is 13.8. The minimum Gasteiger partial charge on any atom is -0.394 e. The molecule has 4 rings (SSSR count). The summed E-state index contributed by atoms with van der Waals surface area (Å²) in [5.74, 6) is 0. The molecule has 4 saturated heterocycles. The maximum atomic E-state index is 10.8. The summed E-state index contributed by atoms with van der Waals surface area (Å²) in [6.07, 6.45) is -42.7. The molecule has 4 aliphatic rings. The summed E-state index contributed by atoms with van der Waals surface area (Å²) in [6, 6.07) is 0. The first-order valence-corrected chi connectivity index (χ1v) is 17.5. The minimum absolute atomic E-state index is 0.840. The van der Waals surface area contributed by atoms with Crippen molar-refractivity contribution in [3.05, 3.63) is 0 Å². The third-order valence-corrected chi connectivity index (χ3v) is 9.92. The van der Waals surface area contributed by atoms with Gasteiger partial charge in [0.05, 0.1) is 39.6 Å². The van der Waals surface area contributed by atoms with Crippen molar-refractivity contribution in [3.8, 4) is 0 Å². The van der Waals surface area contributed by atoms with Crippen molar-refractivity contribution in [2.75, 3.05) is 39.6 Å². The second-order valence-corrected chi connectivity index (χ2v) is 13.8. The Hall–Kier alpha value is -1.04. The van der Waals surface area contributed by atoms with E-state index in [0.29, 0.717) is 0 Å². The maximum absolute atomic E-state index is 10.8. The van der Waals surface area contributed by atoms with Crippen LogP contribution in [-0.4, -0.2) is 279 Å². The molecule has 4 aliphatic heterocycles. The van der Waals surface area contributed by atoms with Crippen molar-refractivity contribution >= 4 is 0 Å². The first-order valence-electron chi connectivity index (χ1n) is 17.5. The van der Waals surface area contributed by atoms with E-state index >= 15 is 0 Å². The second kappa shape index (κ2) is 21.0. The molecule has 26 heteroatoms. The normalized spacial score (nSPS) is 43.4. The smallest absolute Gasteiger partial charge is 0.187 e. The van der Waals surface area contributed by atoms with Crippen LogP contribution in [0.2, 0.25) is 0 Å². The van der Waals surface area contributed by atoms with Crippen molar-refractivity contribution in [3.63, 3.8) is 0 Å². The highest BCUT2D eigenvalue weighted by Gasteiger charge is 2.55. The number of ether oxygens (including phenoxy) is 8. The third-order valence-electron chi connectivity index (χ3n) is 9.92. The predicted octanol–water partition coefficient (Wildman–Crippen LogP) is -12.3. The lowest BCUT2D eigenvalue weighted by Crippen LogP contribution is -2.48. The number of aliphatic hydroxyl groups is 18. The lowest BCUT2D eigenvalue weighted by atomic mass is 10.0. The zero-order valence-corrected chi connectivity index (χ0v) is 29.4. The van der Waals surface area contributed by atoms with E-state index in [-0.39, 0.29) is 0 Å². The Labute approximate surface area is 317 Å². The van der Waals surface area contributed by atoms with Crippen LogP contribution in [0.3, 0.4) is 0 Å². The summed E-state index contributed by atoms with van der Waals surface area (Å²) in [5, 5.41) is 182. The van der Waals surface area contributed by atoms with Gasteiger partial charge in [0.2, 0.25) is 0 Å². The van der Waals surface area contributed by atoms with E-state index in [4.69, 9.17) is 48.1 Å². The zero-order valence-electron chi connectivity index (χ0n) is 29.4. The highest BCUT2D eigenvalue weighted by molar-refractivity contribution is 4.98. The zero-order chi connectivity index (χ0) is 41.8. The largest absolute Gasteiger partial charge is 0.394 e. The van der Waals surface area contributed by atoms with Gasteiger partial charge in [0.15, 0.2) is 25.2 Å². The topological polar surface area (TPSA) is 438 Å². The quantitative estimate of drug-likeness (QED) is 0.0510. The van der Waals surface area contributed by atoms with E-state index in [1.54, 1.807) is 0 Å². The fourth-order valence-electron chi connectivity index (χ4n) is 6.55. The molecule has 4 heterocycles. The Balaban J connectivity index is 1.35. The van der Waals surface area contributed by atoms with Gasteiger partial charge in [-0.2, -0.15) is 0 Å². The molecule has 4 fully saturated rings. The van der Waals surface area contributed by atoms with Crippen LogP contribution in [0.1, 0.15) is 0 Å². The van der Waals surface area contributed by atoms with Crippen LogP contribution < -0.4 is 0 Å². The van der Waals surface area contributed by atoms with Crippen LogP contribution in [-0.2, 0) is 37.9 Å². The van der Waals surface area contributed by atoms with Crippen LogP contribution in [0.15, 0.2) is 0 Å². The number of aliphatic hydroxyl groups excluding tert-OH is 18. The molecule has 0 saturated carbocycles. The molecule has 0 aromatic rings. The van der Waals surface area contributed by atoms with Gasteiger partial charge in [-0.3, -0.25) is 0 Å². The average Bonchev–Trinajstić information content (AvgIpc) is 3.85. The Kier molecular flexibility index (Phi) is 17.8. The van der Waals surface area contributed by atoms with Crippen molar-refractivity contribution in [2.24, 2.45) is 0 Å². The van der Waals surface area contributed by atoms with Crippen molar-refractivity contribution in [1.82, 2.24) is 0 Å². The van der Waals surface area contributed by atoms with Gasteiger partial charge < -0.3 is 130 Å². The van der Waals surface area contributed by atoms with Gasteiger partial charge in [-0.05, 0) is 0 Å². The first kappa shape index (κ1) is 47.6. The Morgan fingerprint density at radius 2 is 0.696 bits per heavy atom. The molecule has 0 aliphatic carbocycles. The molecule has 0 unspecified atom stereocenters. The minimum atomic E-state index is -2.02. The van der Waals surface area contributed by atoms with Gasteiger partial charge in [-0.25, -0.2) is 0 Å². The lowest BCUT2D eigenvalue weighted by Gasteiger charge is -2.29. The van der Waals surface area contributed by atoms with Gasteiger partial charge in [0, 0.05) is 0 Å². The molecular formula is C30H54O26. The maximum Gasteiger partial charge on any atom is 0.187 e. The molecule has 0 bridgehead atoms. The van der Waals surface area contributed by atoms with Crippen LogP contribution in [0.4, 0.5) is 0 Å². The van der Waals surface area contributed by atoms with E-state index in [2.05, 4.69) is 0 Å². The predicted molar refractivity (Wildman–Crippen MR) is 169 cm³/mol. The molecule has 18 N–H and O–H groups in total. The summed E-state index contributed by atoms with van der Waals surface area (Å²) < 4.78 is 43.5. The number of hydrogen-bond donors (Lipinski definition) is 18. The molecule has 24 atom stereocenters.